The predicted octanol–water partition coefficient (Wildman–Crippen LogP) is 9.10. The highest BCUT2D eigenvalue weighted by Gasteiger charge is 2.15. The molecule has 5 aromatic carbocycles. The lowest BCUT2D eigenvalue weighted by Crippen LogP contribution is -1.96. The summed E-state index contributed by atoms with van der Waals surface area (Å²) in [5.74, 6) is 0.712. The van der Waals surface area contributed by atoms with Crippen molar-refractivity contribution in [2.75, 3.05) is 0 Å². The van der Waals surface area contributed by atoms with Crippen molar-refractivity contribution in [2.24, 2.45) is 0 Å². The minimum absolute atomic E-state index is 0.712. The Hall–Kier alpha value is -5.61. The van der Waals surface area contributed by atoms with Gasteiger partial charge in [0.05, 0.1) is 22.4 Å². The van der Waals surface area contributed by atoms with E-state index in [0.29, 0.717) is 5.82 Å². The molecule has 0 aliphatic carbocycles. The summed E-state index contributed by atoms with van der Waals surface area (Å²) in [7, 11) is 0. The molecule has 0 bridgehead atoms. The van der Waals surface area contributed by atoms with Gasteiger partial charge in [0.25, 0.3) is 0 Å². The number of benzene rings is 5. The zero-order valence-electron chi connectivity index (χ0n) is 22.1. The second kappa shape index (κ2) is 9.54. The molecular weight excluding hydrogens is 500 g/mol. The summed E-state index contributed by atoms with van der Waals surface area (Å²) in [5, 5.41) is 2.30. The first-order valence-electron chi connectivity index (χ1n) is 13.7. The zero-order chi connectivity index (χ0) is 27.2. The molecule has 192 valence electrons. The molecule has 8 aromatic rings. The first kappa shape index (κ1) is 23.3. The monoisotopic (exact) mass is 524 g/mol. The minimum Gasteiger partial charge on any atom is -0.298 e. The van der Waals surface area contributed by atoms with Gasteiger partial charge in [0.15, 0.2) is 5.82 Å². The predicted molar refractivity (Wildman–Crippen MR) is 168 cm³/mol. The molecule has 3 aromatic heterocycles. The van der Waals surface area contributed by atoms with Crippen molar-refractivity contribution in [1.82, 2.24) is 19.4 Å². The molecule has 0 saturated heterocycles. The van der Waals surface area contributed by atoms with Gasteiger partial charge in [-0.3, -0.25) is 4.40 Å². The van der Waals surface area contributed by atoms with Crippen LogP contribution in [0.3, 0.4) is 0 Å². The molecule has 0 radical (unpaired) electrons. The van der Waals surface area contributed by atoms with E-state index in [0.717, 1.165) is 61.3 Å². The Balaban J connectivity index is 1.34. The van der Waals surface area contributed by atoms with E-state index >= 15 is 0 Å². The summed E-state index contributed by atoms with van der Waals surface area (Å²) in [6, 6.07) is 48.0. The molecule has 0 spiro atoms. The second-order valence-corrected chi connectivity index (χ2v) is 10.2. The van der Waals surface area contributed by atoms with Crippen molar-refractivity contribution >= 4 is 27.5 Å². The summed E-state index contributed by atoms with van der Waals surface area (Å²) in [6.07, 6.45) is 2.22. The maximum atomic E-state index is 5.05. The fourth-order valence-corrected chi connectivity index (χ4v) is 5.62. The average Bonchev–Trinajstić information content (AvgIpc) is 3.44. The van der Waals surface area contributed by atoms with Crippen LogP contribution < -0.4 is 0 Å². The molecule has 0 aliphatic rings. The molecule has 0 N–H and O–H groups in total. The highest BCUT2D eigenvalue weighted by atomic mass is 15.0. The topological polar surface area (TPSA) is 43.1 Å². The molecule has 0 atom stereocenters. The number of para-hydroxylation sites is 2. The Kier molecular flexibility index (Phi) is 5.42. The van der Waals surface area contributed by atoms with Crippen molar-refractivity contribution in [1.29, 1.82) is 0 Å². The van der Waals surface area contributed by atoms with E-state index < -0.39 is 0 Å². The van der Waals surface area contributed by atoms with Crippen LogP contribution in [-0.4, -0.2) is 19.4 Å². The van der Waals surface area contributed by atoms with Crippen LogP contribution in [0.5, 0.6) is 0 Å². The van der Waals surface area contributed by atoms with Crippen molar-refractivity contribution in [3.05, 3.63) is 146 Å². The van der Waals surface area contributed by atoms with E-state index in [-0.39, 0.29) is 0 Å². The largest absolute Gasteiger partial charge is 0.298 e. The number of hydrogen-bond donors (Lipinski definition) is 0. The number of imidazole rings is 1. The summed E-state index contributed by atoms with van der Waals surface area (Å²) in [4.78, 5) is 15.0. The van der Waals surface area contributed by atoms with E-state index in [4.69, 9.17) is 15.0 Å². The second-order valence-electron chi connectivity index (χ2n) is 10.2. The van der Waals surface area contributed by atoms with Gasteiger partial charge in [0.2, 0.25) is 0 Å². The standard InChI is InChI=1S/C37H24N4/c1-3-12-25(13-4-1)33-23-34(39-36(38-33)26-14-5-2-6-15-26)28-17-11-16-27(22-28)31-24-41-35-21-10-9-20-32(35)40-37(41)30-19-8-7-18-29(30)31/h1-24H. The maximum absolute atomic E-state index is 5.05. The van der Waals surface area contributed by atoms with Crippen molar-refractivity contribution in [3.63, 3.8) is 0 Å². The minimum atomic E-state index is 0.712. The molecule has 8 rings (SSSR count). The number of nitrogens with zero attached hydrogens (tertiary/aromatic N) is 4. The molecule has 4 heteroatoms. The van der Waals surface area contributed by atoms with Gasteiger partial charge < -0.3 is 0 Å². The summed E-state index contributed by atoms with van der Waals surface area (Å²) in [6.45, 7) is 0. The highest BCUT2D eigenvalue weighted by molar-refractivity contribution is 6.05. The van der Waals surface area contributed by atoms with Gasteiger partial charge in [0.1, 0.15) is 5.65 Å². The van der Waals surface area contributed by atoms with E-state index in [1.807, 2.05) is 42.5 Å². The van der Waals surface area contributed by atoms with Crippen molar-refractivity contribution < 1.29 is 0 Å². The lowest BCUT2D eigenvalue weighted by atomic mass is 9.97. The van der Waals surface area contributed by atoms with Gasteiger partial charge in [-0.25, -0.2) is 15.0 Å². The first-order chi connectivity index (χ1) is 20.3. The van der Waals surface area contributed by atoms with Gasteiger partial charge in [0, 0.05) is 33.8 Å². The number of pyridine rings is 1. The van der Waals surface area contributed by atoms with Crippen LogP contribution in [0.25, 0.3) is 72.5 Å². The quantitative estimate of drug-likeness (QED) is 0.231. The van der Waals surface area contributed by atoms with Crippen molar-refractivity contribution in [3.8, 4) is 45.0 Å². The van der Waals surface area contributed by atoms with Crippen molar-refractivity contribution in [2.45, 2.75) is 0 Å². The Morgan fingerprint density at radius 3 is 1.85 bits per heavy atom. The van der Waals surface area contributed by atoms with E-state index in [1.54, 1.807) is 0 Å². The fraction of sp³-hybridized carbons (Fsp3) is 0. The molecule has 3 heterocycles. The third-order valence-corrected chi connectivity index (χ3v) is 7.61. The number of aromatic nitrogens is 4. The van der Waals surface area contributed by atoms with Gasteiger partial charge >= 0.3 is 0 Å². The molecule has 0 aliphatic heterocycles. The molecule has 0 fully saturated rings. The normalized spacial score (nSPS) is 11.4. The van der Waals surface area contributed by atoms with Crippen LogP contribution >= 0.6 is 0 Å². The third kappa shape index (κ3) is 4.05. The molecule has 0 saturated carbocycles. The lowest BCUT2D eigenvalue weighted by molar-refractivity contribution is 1.18. The Morgan fingerprint density at radius 1 is 0.439 bits per heavy atom. The van der Waals surface area contributed by atoms with Crippen LogP contribution in [0.1, 0.15) is 0 Å². The van der Waals surface area contributed by atoms with Crippen LogP contribution in [0, 0.1) is 0 Å². The number of rotatable bonds is 4. The van der Waals surface area contributed by atoms with Gasteiger partial charge in [-0.2, -0.15) is 0 Å². The third-order valence-electron chi connectivity index (χ3n) is 7.61. The molecule has 0 amide bonds. The van der Waals surface area contributed by atoms with Crippen LogP contribution in [0.15, 0.2) is 146 Å². The lowest BCUT2D eigenvalue weighted by Gasteiger charge is -2.12. The van der Waals surface area contributed by atoms with Gasteiger partial charge in [-0.15, -0.1) is 0 Å². The number of fused-ring (bicyclic) bond motifs is 5. The van der Waals surface area contributed by atoms with Gasteiger partial charge in [-0.05, 0) is 35.2 Å². The van der Waals surface area contributed by atoms with Crippen LogP contribution in [0.4, 0.5) is 0 Å². The fourth-order valence-electron chi connectivity index (χ4n) is 5.62. The maximum Gasteiger partial charge on any atom is 0.160 e. The van der Waals surface area contributed by atoms with E-state index in [9.17, 15) is 0 Å². The summed E-state index contributed by atoms with van der Waals surface area (Å²) in [5.41, 5.74) is 10.2. The molecule has 41 heavy (non-hydrogen) atoms. The molecule has 4 nitrogen and oxygen atoms in total. The summed E-state index contributed by atoms with van der Waals surface area (Å²) < 4.78 is 2.21. The number of hydrogen-bond acceptors (Lipinski definition) is 3. The van der Waals surface area contributed by atoms with Crippen LogP contribution in [-0.2, 0) is 0 Å². The van der Waals surface area contributed by atoms with E-state index in [2.05, 4.69) is 108 Å². The first-order valence-corrected chi connectivity index (χ1v) is 13.7. The Morgan fingerprint density at radius 2 is 1.05 bits per heavy atom. The van der Waals surface area contributed by atoms with Crippen LogP contribution in [0.2, 0.25) is 0 Å². The Bertz CT molecular complexity index is 2140. The Labute approximate surface area is 237 Å². The smallest absolute Gasteiger partial charge is 0.160 e. The van der Waals surface area contributed by atoms with Gasteiger partial charge in [-0.1, -0.05) is 115 Å². The average molecular weight is 525 g/mol. The molecule has 0 unspecified atom stereocenters. The summed E-state index contributed by atoms with van der Waals surface area (Å²) >= 11 is 0. The van der Waals surface area contributed by atoms with E-state index in [1.165, 1.54) is 5.39 Å². The zero-order valence-corrected chi connectivity index (χ0v) is 22.1. The SMILES string of the molecule is c1ccc(-c2cc(-c3cccc(-c4cn5c6ccccc6nc5c5ccccc45)c3)nc(-c3ccccc3)n2)cc1. The highest BCUT2D eigenvalue weighted by Crippen LogP contribution is 2.35. The molecular formula is C37H24N4.